The second-order valence-electron chi connectivity index (χ2n) is 7.35. The molecule has 1 aliphatic heterocycles. The van der Waals surface area contributed by atoms with E-state index in [-0.39, 0.29) is 18.0 Å². The number of thiazole rings is 1. The largest absolute Gasteiger partial charge is 0.378 e. The van der Waals surface area contributed by atoms with E-state index in [1.54, 1.807) is 18.4 Å². The molecule has 0 N–H and O–H groups in total. The van der Waals surface area contributed by atoms with E-state index in [0.29, 0.717) is 24.4 Å². The highest BCUT2D eigenvalue weighted by molar-refractivity contribution is 7.23. The maximum Gasteiger partial charge on any atom is 0.294 e. The number of anilines is 2. The number of morpholine rings is 1. The lowest BCUT2D eigenvalue weighted by molar-refractivity contribution is -0.119. The predicted octanol–water partition coefficient (Wildman–Crippen LogP) is 3.08. The van der Waals surface area contributed by atoms with Crippen molar-refractivity contribution in [2.75, 3.05) is 43.2 Å². The molecule has 1 saturated heterocycles. The molecule has 0 saturated carbocycles. The Morgan fingerprint density at radius 3 is 2.66 bits per heavy atom. The third-order valence-corrected chi connectivity index (χ3v) is 7.33. The lowest BCUT2D eigenvalue weighted by Crippen LogP contribution is -2.36. The van der Waals surface area contributed by atoms with Crippen molar-refractivity contribution < 1.29 is 9.53 Å². The number of rotatable bonds is 5. The van der Waals surface area contributed by atoms with E-state index < -0.39 is 0 Å². The number of carbonyl (C=O) groups excluding carboxylic acids is 1. The normalized spacial score (nSPS) is 14.1. The summed E-state index contributed by atoms with van der Waals surface area (Å²) in [6, 6.07) is 13.2. The molecule has 1 aliphatic rings. The lowest BCUT2D eigenvalue weighted by Gasteiger charge is -2.25. The van der Waals surface area contributed by atoms with Crippen LogP contribution in [0.5, 0.6) is 0 Å². The van der Waals surface area contributed by atoms with Gasteiger partial charge in [0.15, 0.2) is 10.6 Å². The molecule has 5 rings (SSSR count). The van der Waals surface area contributed by atoms with Gasteiger partial charge < -0.3 is 14.5 Å². The second kappa shape index (κ2) is 8.81. The molecule has 1 amide bonds. The van der Waals surface area contributed by atoms with Gasteiger partial charge in [-0.1, -0.05) is 35.6 Å². The molecule has 0 unspecified atom stereocenters. The number of amides is 1. The fourth-order valence-corrected chi connectivity index (χ4v) is 5.44. The Bertz CT molecular complexity index is 1290. The summed E-state index contributed by atoms with van der Waals surface area (Å²) in [5.74, 6) is -0.231. The van der Waals surface area contributed by atoms with Crippen molar-refractivity contribution in [3.63, 3.8) is 0 Å². The summed E-state index contributed by atoms with van der Waals surface area (Å²) in [7, 11) is 1.70. The van der Waals surface area contributed by atoms with Crippen LogP contribution in [0.4, 0.5) is 10.8 Å². The molecule has 164 valence electrons. The van der Waals surface area contributed by atoms with Gasteiger partial charge in [0.25, 0.3) is 5.56 Å². The average molecular weight is 468 g/mol. The van der Waals surface area contributed by atoms with Crippen LogP contribution in [0.3, 0.4) is 0 Å². The first-order valence-corrected chi connectivity index (χ1v) is 11.9. The Morgan fingerprint density at radius 2 is 1.94 bits per heavy atom. The van der Waals surface area contributed by atoms with Crippen molar-refractivity contribution in [2.24, 2.45) is 0 Å². The Labute approximate surface area is 192 Å². The number of hydrogen-bond acceptors (Lipinski definition) is 8. The van der Waals surface area contributed by atoms with E-state index in [1.165, 1.54) is 20.9 Å². The van der Waals surface area contributed by atoms with Gasteiger partial charge in [0.1, 0.15) is 12.2 Å². The summed E-state index contributed by atoms with van der Waals surface area (Å²) in [6.07, 6.45) is 0. The van der Waals surface area contributed by atoms with Gasteiger partial charge in [0.2, 0.25) is 5.91 Å². The maximum absolute atomic E-state index is 13.3. The van der Waals surface area contributed by atoms with E-state index >= 15 is 0 Å². The summed E-state index contributed by atoms with van der Waals surface area (Å²) in [4.78, 5) is 35.5. The Kier molecular flexibility index (Phi) is 5.73. The minimum Gasteiger partial charge on any atom is -0.378 e. The van der Waals surface area contributed by atoms with Gasteiger partial charge in [0, 0.05) is 25.8 Å². The maximum atomic E-state index is 13.3. The molecular weight excluding hydrogens is 446 g/mol. The molecule has 3 aromatic heterocycles. The average Bonchev–Trinajstić information content (AvgIpc) is 3.52. The number of fused-ring (bicyclic) bond motifs is 1. The van der Waals surface area contributed by atoms with Crippen molar-refractivity contribution in [3.8, 4) is 10.6 Å². The molecule has 10 heteroatoms. The van der Waals surface area contributed by atoms with E-state index in [2.05, 4.69) is 15.0 Å². The standard InChI is InChI=1S/C22H21N5O3S2/c1-25(15-6-3-2-4-7-15)17(28)14-27-21(29)19-20(18(24-27)16-8-5-13-31-16)32-22(23-19)26-9-11-30-12-10-26/h2-8,13H,9-12,14H2,1H3. The van der Waals surface area contributed by atoms with Gasteiger partial charge in [-0.15, -0.1) is 11.3 Å². The summed E-state index contributed by atoms with van der Waals surface area (Å²) in [5, 5.41) is 7.36. The summed E-state index contributed by atoms with van der Waals surface area (Å²) < 4.78 is 7.43. The molecular formula is C22H21N5O3S2. The van der Waals surface area contributed by atoms with E-state index in [1.807, 2.05) is 47.8 Å². The third kappa shape index (κ3) is 3.92. The van der Waals surface area contributed by atoms with Gasteiger partial charge in [-0.25, -0.2) is 9.67 Å². The van der Waals surface area contributed by atoms with Crippen molar-refractivity contribution in [1.29, 1.82) is 0 Å². The van der Waals surface area contributed by atoms with Crippen LogP contribution in [-0.2, 0) is 16.1 Å². The number of aromatic nitrogens is 3. The number of carbonyl (C=O) groups is 1. The zero-order valence-electron chi connectivity index (χ0n) is 17.4. The molecule has 0 radical (unpaired) electrons. The van der Waals surface area contributed by atoms with Gasteiger partial charge >= 0.3 is 0 Å². The summed E-state index contributed by atoms with van der Waals surface area (Å²) >= 11 is 3.01. The van der Waals surface area contributed by atoms with Crippen molar-refractivity contribution >= 4 is 49.6 Å². The minimum absolute atomic E-state index is 0.164. The number of nitrogens with zero attached hydrogens (tertiary/aromatic N) is 5. The second-order valence-corrected chi connectivity index (χ2v) is 9.28. The number of para-hydroxylation sites is 1. The molecule has 0 aliphatic carbocycles. The van der Waals surface area contributed by atoms with Crippen LogP contribution in [0.1, 0.15) is 0 Å². The van der Waals surface area contributed by atoms with Crippen LogP contribution in [0, 0.1) is 0 Å². The monoisotopic (exact) mass is 467 g/mol. The molecule has 4 heterocycles. The predicted molar refractivity (Wildman–Crippen MR) is 128 cm³/mol. The topological polar surface area (TPSA) is 80.6 Å². The fraction of sp³-hybridized carbons (Fsp3) is 0.273. The molecule has 32 heavy (non-hydrogen) atoms. The van der Waals surface area contributed by atoms with Gasteiger partial charge in [-0.05, 0) is 23.6 Å². The number of hydrogen-bond donors (Lipinski definition) is 0. The Hall–Kier alpha value is -3.08. The zero-order chi connectivity index (χ0) is 22.1. The highest BCUT2D eigenvalue weighted by Crippen LogP contribution is 2.35. The Balaban J connectivity index is 1.56. The van der Waals surface area contributed by atoms with E-state index in [9.17, 15) is 9.59 Å². The number of benzene rings is 1. The van der Waals surface area contributed by atoms with Crippen LogP contribution in [-0.4, -0.2) is 54.0 Å². The number of likely N-dealkylation sites (N-methyl/N-ethyl adjacent to an activating group) is 1. The molecule has 1 fully saturated rings. The van der Waals surface area contributed by atoms with E-state index in [4.69, 9.17) is 4.74 Å². The van der Waals surface area contributed by atoms with Crippen LogP contribution >= 0.6 is 22.7 Å². The summed E-state index contributed by atoms with van der Waals surface area (Å²) in [6.45, 7) is 2.57. The third-order valence-electron chi connectivity index (χ3n) is 5.33. The van der Waals surface area contributed by atoms with Gasteiger partial charge in [0.05, 0.1) is 22.8 Å². The molecule has 0 spiro atoms. The first kappa shape index (κ1) is 20.8. The van der Waals surface area contributed by atoms with Gasteiger partial charge in [-0.2, -0.15) is 5.10 Å². The number of thiophene rings is 1. The zero-order valence-corrected chi connectivity index (χ0v) is 19.1. The molecule has 0 bridgehead atoms. The smallest absolute Gasteiger partial charge is 0.294 e. The first-order valence-electron chi connectivity index (χ1n) is 10.2. The summed E-state index contributed by atoms with van der Waals surface area (Å²) in [5.41, 5.74) is 1.44. The number of ether oxygens (including phenoxy) is 1. The van der Waals surface area contributed by atoms with Crippen LogP contribution in [0.25, 0.3) is 20.8 Å². The first-order chi connectivity index (χ1) is 15.6. The van der Waals surface area contributed by atoms with Gasteiger partial charge in [-0.3, -0.25) is 9.59 Å². The van der Waals surface area contributed by atoms with Crippen LogP contribution < -0.4 is 15.4 Å². The van der Waals surface area contributed by atoms with Crippen molar-refractivity contribution in [1.82, 2.24) is 14.8 Å². The highest BCUT2D eigenvalue weighted by atomic mass is 32.1. The van der Waals surface area contributed by atoms with Crippen LogP contribution in [0.15, 0.2) is 52.6 Å². The molecule has 8 nitrogen and oxygen atoms in total. The molecule has 1 aromatic carbocycles. The fourth-order valence-electron chi connectivity index (χ4n) is 3.55. The van der Waals surface area contributed by atoms with Crippen molar-refractivity contribution in [2.45, 2.75) is 6.54 Å². The minimum atomic E-state index is -0.356. The molecule has 0 atom stereocenters. The SMILES string of the molecule is CN(C(=O)Cn1nc(-c2cccs2)c2sc(N3CCOCC3)nc2c1=O)c1ccccc1. The Morgan fingerprint density at radius 1 is 1.16 bits per heavy atom. The van der Waals surface area contributed by atoms with E-state index in [0.717, 1.165) is 33.5 Å². The molecule has 4 aromatic rings. The van der Waals surface area contributed by atoms with Crippen molar-refractivity contribution in [3.05, 3.63) is 58.2 Å². The quantitative estimate of drug-likeness (QED) is 0.449. The van der Waals surface area contributed by atoms with Crippen LogP contribution in [0.2, 0.25) is 0 Å². The lowest BCUT2D eigenvalue weighted by atomic mass is 10.3. The highest BCUT2D eigenvalue weighted by Gasteiger charge is 2.23.